The molecule has 0 aliphatic carbocycles. The van der Waals surface area contributed by atoms with E-state index in [1.54, 1.807) is 0 Å². The van der Waals surface area contributed by atoms with Crippen LogP contribution in [0.15, 0.2) is 176 Å². The molecule has 0 N–H and O–H groups in total. The molecule has 0 fully saturated rings. The third-order valence-corrected chi connectivity index (χ3v) is 12.6. The Morgan fingerprint density at radius 3 is 1.71 bits per heavy atom. The molecule has 5 heteroatoms. The molecule has 0 radical (unpaired) electrons. The lowest BCUT2D eigenvalue weighted by atomic mass is 10.0. The van der Waals surface area contributed by atoms with Crippen LogP contribution in [0.4, 0.5) is 0 Å². The maximum Gasteiger partial charge on any atom is 0.164 e. The lowest BCUT2D eigenvalue weighted by Gasteiger charge is -2.15. The smallest absolute Gasteiger partial charge is 0.164 e. The first-order valence-corrected chi connectivity index (χ1v) is 19.8. The minimum Gasteiger partial charge on any atom is -0.309 e. The van der Waals surface area contributed by atoms with Crippen molar-refractivity contribution in [2.24, 2.45) is 0 Å². The van der Waals surface area contributed by atoms with Crippen LogP contribution in [0.1, 0.15) is 0 Å². The van der Waals surface area contributed by atoms with Crippen molar-refractivity contribution >= 4 is 92.2 Å². The van der Waals surface area contributed by atoms with Gasteiger partial charge in [0.25, 0.3) is 0 Å². The minimum absolute atomic E-state index is 0.645. The van der Waals surface area contributed by atoms with Gasteiger partial charge in [-0.25, -0.2) is 15.0 Å². The largest absolute Gasteiger partial charge is 0.309 e. The van der Waals surface area contributed by atoms with Crippen LogP contribution >= 0.6 is 0 Å². The second kappa shape index (κ2) is 10.9. The summed E-state index contributed by atoms with van der Waals surface area (Å²) in [7, 11) is 0. The van der Waals surface area contributed by atoms with E-state index in [1.165, 1.54) is 76.1 Å². The van der Waals surface area contributed by atoms with Crippen LogP contribution in [-0.4, -0.2) is 23.9 Å². The monoisotopic (exact) mass is 735 g/mol. The zero-order chi connectivity index (χ0) is 37.6. The SMILES string of the molecule is c1ccc(-c2nc(-c3ccc4ccccc4c3)nc(-c3ccc(-n4c5cccc6c7cccc8c9cccc%10c%11ccc4c(c65)c%11n(c78)c9%10)c4ccccc34)n2)cc1. The molecule has 5 heterocycles. The Bertz CT molecular complexity index is 3970. The molecule has 266 valence electrons. The standard InChI is InChI=1S/C53H29N5/c1-2-12-31(13-3-1)51-54-52(33-24-23-30-11-4-5-14-32(30)29-33)56-53(55-51)42-26-27-43(35-16-7-6-15-34(35)42)57-44-22-10-17-36-37-18-8-19-38-39-20-9-21-40-41-25-28-45(57)47(46(36)44)50(41)58(48(37)38)49(39)40/h1-29H. The Morgan fingerprint density at radius 1 is 0.328 bits per heavy atom. The van der Waals surface area contributed by atoms with E-state index in [9.17, 15) is 0 Å². The number of rotatable bonds is 4. The maximum absolute atomic E-state index is 5.23. The average Bonchev–Trinajstić information content (AvgIpc) is 3.90. The summed E-state index contributed by atoms with van der Waals surface area (Å²) in [5, 5.41) is 14.9. The van der Waals surface area contributed by atoms with E-state index < -0.39 is 0 Å². The van der Waals surface area contributed by atoms with Crippen LogP contribution in [0.3, 0.4) is 0 Å². The molecule has 14 aromatic rings. The second-order valence-electron chi connectivity index (χ2n) is 15.5. The Morgan fingerprint density at radius 2 is 0.914 bits per heavy atom. The van der Waals surface area contributed by atoms with E-state index in [0.717, 1.165) is 38.5 Å². The zero-order valence-electron chi connectivity index (χ0n) is 31.0. The molecule has 9 aromatic carbocycles. The Hall–Kier alpha value is -7.89. The first-order valence-electron chi connectivity index (χ1n) is 19.8. The molecule has 14 rings (SSSR count). The first kappa shape index (κ1) is 30.3. The van der Waals surface area contributed by atoms with Crippen molar-refractivity contribution in [3.63, 3.8) is 0 Å². The van der Waals surface area contributed by atoms with Crippen molar-refractivity contribution in [3.05, 3.63) is 176 Å². The molecule has 58 heavy (non-hydrogen) atoms. The van der Waals surface area contributed by atoms with Gasteiger partial charge >= 0.3 is 0 Å². The molecule has 0 bridgehead atoms. The number of para-hydroxylation sites is 2. The predicted octanol–water partition coefficient (Wildman–Crippen LogP) is 13.5. The molecular weight excluding hydrogens is 707 g/mol. The Labute approximate surface area is 330 Å². The van der Waals surface area contributed by atoms with Crippen molar-refractivity contribution in [1.82, 2.24) is 23.9 Å². The molecule has 0 amide bonds. The number of hydrogen-bond donors (Lipinski definition) is 0. The van der Waals surface area contributed by atoms with E-state index >= 15 is 0 Å². The highest BCUT2D eigenvalue weighted by Gasteiger charge is 2.27. The van der Waals surface area contributed by atoms with Crippen molar-refractivity contribution in [3.8, 4) is 39.9 Å². The predicted molar refractivity (Wildman–Crippen MR) is 240 cm³/mol. The van der Waals surface area contributed by atoms with E-state index in [-0.39, 0.29) is 0 Å². The lowest BCUT2D eigenvalue weighted by Crippen LogP contribution is -2.02. The molecule has 0 aliphatic rings. The summed E-state index contributed by atoms with van der Waals surface area (Å²) in [5.41, 5.74) is 10.3. The van der Waals surface area contributed by atoms with Crippen molar-refractivity contribution in [2.75, 3.05) is 0 Å². The van der Waals surface area contributed by atoms with Crippen LogP contribution in [0.2, 0.25) is 0 Å². The highest BCUT2D eigenvalue weighted by Crippen LogP contribution is 2.49. The second-order valence-corrected chi connectivity index (χ2v) is 15.5. The highest BCUT2D eigenvalue weighted by molar-refractivity contribution is 6.38. The highest BCUT2D eigenvalue weighted by atomic mass is 15.0. The summed E-state index contributed by atoms with van der Waals surface area (Å²) in [5.74, 6) is 1.94. The molecular formula is C53H29N5. The van der Waals surface area contributed by atoms with Crippen molar-refractivity contribution in [2.45, 2.75) is 0 Å². The summed E-state index contributed by atoms with van der Waals surface area (Å²) in [6, 6.07) is 63.3. The van der Waals surface area contributed by atoms with Gasteiger partial charge in [-0.15, -0.1) is 0 Å². The van der Waals surface area contributed by atoms with E-state index in [0.29, 0.717) is 17.5 Å². The molecule has 5 nitrogen and oxygen atoms in total. The van der Waals surface area contributed by atoms with Gasteiger partial charge in [0, 0.05) is 59.8 Å². The van der Waals surface area contributed by atoms with Crippen molar-refractivity contribution in [1.29, 1.82) is 0 Å². The Balaban J connectivity index is 1.06. The van der Waals surface area contributed by atoms with E-state index in [1.807, 2.05) is 18.2 Å². The molecule has 0 atom stereocenters. The van der Waals surface area contributed by atoms with Crippen LogP contribution < -0.4 is 0 Å². The lowest BCUT2D eigenvalue weighted by molar-refractivity contribution is 1.08. The summed E-state index contributed by atoms with van der Waals surface area (Å²) in [4.78, 5) is 15.5. The van der Waals surface area contributed by atoms with Gasteiger partial charge in [0.05, 0.1) is 33.3 Å². The van der Waals surface area contributed by atoms with E-state index in [4.69, 9.17) is 15.0 Å². The van der Waals surface area contributed by atoms with Gasteiger partial charge in [-0.2, -0.15) is 0 Å². The number of aromatic nitrogens is 5. The molecule has 5 aromatic heterocycles. The van der Waals surface area contributed by atoms with Gasteiger partial charge in [0.15, 0.2) is 17.5 Å². The van der Waals surface area contributed by atoms with Crippen molar-refractivity contribution < 1.29 is 0 Å². The van der Waals surface area contributed by atoms with Gasteiger partial charge in [-0.1, -0.05) is 146 Å². The zero-order valence-corrected chi connectivity index (χ0v) is 31.0. The summed E-state index contributed by atoms with van der Waals surface area (Å²) in [6.07, 6.45) is 0. The number of hydrogen-bond acceptors (Lipinski definition) is 3. The van der Waals surface area contributed by atoms with E-state index in [2.05, 4.69) is 167 Å². The maximum atomic E-state index is 5.23. The van der Waals surface area contributed by atoms with Crippen LogP contribution in [0, 0.1) is 0 Å². The summed E-state index contributed by atoms with van der Waals surface area (Å²) < 4.78 is 5.05. The molecule has 0 saturated heterocycles. The number of benzene rings is 9. The van der Waals surface area contributed by atoms with Crippen LogP contribution in [0.25, 0.3) is 132 Å². The quantitative estimate of drug-likeness (QED) is 0.181. The topological polar surface area (TPSA) is 48.0 Å². The third kappa shape index (κ3) is 3.82. The average molecular weight is 736 g/mol. The van der Waals surface area contributed by atoms with Crippen LogP contribution in [-0.2, 0) is 0 Å². The Kier molecular flexibility index (Phi) is 5.70. The molecule has 0 unspecified atom stereocenters. The molecule has 0 aliphatic heterocycles. The van der Waals surface area contributed by atoms with Gasteiger partial charge in [-0.05, 0) is 51.9 Å². The fourth-order valence-corrected chi connectivity index (χ4v) is 10.2. The third-order valence-electron chi connectivity index (χ3n) is 12.6. The van der Waals surface area contributed by atoms with Gasteiger partial charge in [-0.3, -0.25) is 0 Å². The molecule has 0 saturated carbocycles. The van der Waals surface area contributed by atoms with Crippen LogP contribution in [0.5, 0.6) is 0 Å². The number of nitrogens with zero attached hydrogens (tertiary/aromatic N) is 5. The summed E-state index contributed by atoms with van der Waals surface area (Å²) >= 11 is 0. The number of fused-ring (bicyclic) bond motifs is 5. The van der Waals surface area contributed by atoms with Gasteiger partial charge in [0.2, 0.25) is 0 Å². The fourth-order valence-electron chi connectivity index (χ4n) is 10.2. The fraction of sp³-hybridized carbons (Fsp3) is 0. The normalized spacial score (nSPS) is 12.5. The first-order chi connectivity index (χ1) is 28.8. The molecule has 0 spiro atoms. The summed E-state index contributed by atoms with van der Waals surface area (Å²) in [6.45, 7) is 0. The van der Waals surface area contributed by atoms with Gasteiger partial charge < -0.3 is 8.97 Å². The van der Waals surface area contributed by atoms with Gasteiger partial charge in [0.1, 0.15) is 0 Å². The minimum atomic E-state index is 0.645.